The molecule has 26 heavy (non-hydrogen) atoms. The van der Waals surface area contributed by atoms with Crippen LogP contribution < -0.4 is 0 Å². The third kappa shape index (κ3) is 3.61. The Hall–Kier alpha value is -3.48. The van der Waals surface area contributed by atoms with Crippen molar-refractivity contribution < 1.29 is 5.11 Å². The molecular weight excluding hydrogens is 328 g/mol. The number of hydrogen-bond acceptors (Lipinski definition) is 7. The molecule has 0 heterocycles. The van der Waals surface area contributed by atoms with Gasteiger partial charge in [0.05, 0.1) is 17.1 Å². The summed E-state index contributed by atoms with van der Waals surface area (Å²) < 4.78 is 0. The van der Waals surface area contributed by atoms with Crippen LogP contribution in [0.3, 0.4) is 0 Å². The first-order chi connectivity index (χ1) is 12.6. The lowest BCUT2D eigenvalue weighted by Crippen LogP contribution is -1.77. The summed E-state index contributed by atoms with van der Waals surface area (Å²) in [7, 11) is 3.23. The Balaban J connectivity index is 1.98. The van der Waals surface area contributed by atoms with Crippen molar-refractivity contribution in [3.63, 3.8) is 0 Å². The van der Waals surface area contributed by atoms with Crippen LogP contribution in [0, 0.1) is 6.92 Å². The first-order valence-electron chi connectivity index (χ1n) is 8.00. The summed E-state index contributed by atoms with van der Waals surface area (Å²) in [5.41, 5.74) is 3.44. The van der Waals surface area contributed by atoms with Crippen molar-refractivity contribution >= 4 is 33.5 Å². The monoisotopic (exact) mass is 346 g/mol. The summed E-state index contributed by atoms with van der Waals surface area (Å²) in [6.07, 6.45) is 0. The first kappa shape index (κ1) is 17.3. The molecule has 0 saturated carbocycles. The summed E-state index contributed by atoms with van der Waals surface area (Å²) in [6.45, 7) is 1.92. The minimum atomic E-state index is 0.0634. The SMILES string of the molecule is CN=Nc1ccc(N=Nc2ccc3ccc(N=NC)cc3c2O)c(C)c1. The highest BCUT2D eigenvalue weighted by Gasteiger charge is 2.07. The van der Waals surface area contributed by atoms with Crippen LogP contribution in [0.25, 0.3) is 10.8 Å². The highest BCUT2D eigenvalue weighted by atomic mass is 16.3. The third-order valence-corrected chi connectivity index (χ3v) is 3.83. The van der Waals surface area contributed by atoms with Gasteiger partial charge >= 0.3 is 0 Å². The van der Waals surface area contributed by atoms with Crippen molar-refractivity contribution in [1.82, 2.24) is 0 Å². The van der Waals surface area contributed by atoms with Crippen LogP contribution in [0.15, 0.2) is 79.2 Å². The minimum absolute atomic E-state index is 0.0634. The van der Waals surface area contributed by atoms with Gasteiger partial charge in [0.25, 0.3) is 0 Å². The minimum Gasteiger partial charge on any atom is -0.505 e. The molecule has 0 fully saturated rings. The maximum absolute atomic E-state index is 10.6. The van der Waals surface area contributed by atoms with E-state index in [1.165, 1.54) is 0 Å². The molecule has 3 aromatic carbocycles. The highest BCUT2D eigenvalue weighted by molar-refractivity contribution is 5.94. The van der Waals surface area contributed by atoms with E-state index < -0.39 is 0 Å². The zero-order chi connectivity index (χ0) is 18.5. The van der Waals surface area contributed by atoms with Gasteiger partial charge in [0, 0.05) is 19.5 Å². The highest BCUT2D eigenvalue weighted by Crippen LogP contribution is 2.37. The van der Waals surface area contributed by atoms with Crippen molar-refractivity contribution in [2.45, 2.75) is 6.92 Å². The third-order valence-electron chi connectivity index (χ3n) is 3.83. The largest absolute Gasteiger partial charge is 0.505 e. The molecule has 0 bridgehead atoms. The molecule has 3 aromatic rings. The van der Waals surface area contributed by atoms with E-state index in [0.29, 0.717) is 22.4 Å². The molecule has 0 aliphatic heterocycles. The van der Waals surface area contributed by atoms with Crippen molar-refractivity contribution in [1.29, 1.82) is 0 Å². The fourth-order valence-corrected chi connectivity index (χ4v) is 2.58. The summed E-state index contributed by atoms with van der Waals surface area (Å²) in [5, 5.41) is 36.1. The Bertz CT molecular complexity index is 1040. The van der Waals surface area contributed by atoms with Crippen LogP contribution in [-0.2, 0) is 0 Å². The zero-order valence-electron chi connectivity index (χ0n) is 14.7. The lowest BCUT2D eigenvalue weighted by atomic mass is 10.1. The summed E-state index contributed by atoms with van der Waals surface area (Å²) in [5.74, 6) is 0.0634. The Labute approximate surface area is 150 Å². The van der Waals surface area contributed by atoms with Gasteiger partial charge < -0.3 is 5.11 Å². The number of rotatable bonds is 4. The quantitative estimate of drug-likeness (QED) is 0.523. The Morgan fingerprint density at radius 2 is 1.27 bits per heavy atom. The van der Waals surface area contributed by atoms with Gasteiger partial charge in [-0.25, -0.2) is 0 Å². The van der Waals surface area contributed by atoms with Gasteiger partial charge in [-0.15, -0.1) is 5.11 Å². The number of phenols is 1. The molecule has 0 unspecified atom stereocenters. The second-order valence-electron chi connectivity index (χ2n) is 5.61. The second-order valence-corrected chi connectivity index (χ2v) is 5.61. The van der Waals surface area contributed by atoms with E-state index in [2.05, 4.69) is 30.7 Å². The van der Waals surface area contributed by atoms with E-state index in [0.717, 1.165) is 16.6 Å². The Morgan fingerprint density at radius 1 is 0.692 bits per heavy atom. The van der Waals surface area contributed by atoms with E-state index in [9.17, 15) is 5.11 Å². The molecule has 3 rings (SSSR count). The van der Waals surface area contributed by atoms with Crippen molar-refractivity contribution in [2.75, 3.05) is 14.1 Å². The molecule has 7 heteroatoms. The second kappa shape index (κ2) is 7.60. The average Bonchev–Trinajstić information content (AvgIpc) is 2.63. The molecule has 7 nitrogen and oxygen atoms in total. The zero-order valence-corrected chi connectivity index (χ0v) is 14.7. The molecule has 0 radical (unpaired) electrons. The van der Waals surface area contributed by atoms with Gasteiger partial charge in [0.15, 0.2) is 5.75 Å². The van der Waals surface area contributed by atoms with E-state index in [1.807, 2.05) is 43.3 Å². The maximum atomic E-state index is 10.6. The Kier molecular flexibility index (Phi) is 5.07. The smallest absolute Gasteiger partial charge is 0.150 e. The van der Waals surface area contributed by atoms with Gasteiger partial charge in [-0.3, -0.25) is 0 Å². The number of phenolic OH excluding ortho intramolecular Hbond substituents is 1. The van der Waals surface area contributed by atoms with E-state index in [4.69, 9.17) is 0 Å². The molecule has 0 aromatic heterocycles. The maximum Gasteiger partial charge on any atom is 0.150 e. The molecule has 0 atom stereocenters. The van der Waals surface area contributed by atoms with Crippen LogP contribution >= 0.6 is 0 Å². The molecule has 0 aliphatic rings. The van der Waals surface area contributed by atoms with Gasteiger partial charge in [-0.2, -0.15) is 25.6 Å². The van der Waals surface area contributed by atoms with Gasteiger partial charge in [0.2, 0.25) is 0 Å². The Morgan fingerprint density at radius 3 is 1.96 bits per heavy atom. The first-order valence-corrected chi connectivity index (χ1v) is 8.00. The lowest BCUT2D eigenvalue weighted by molar-refractivity contribution is 0.482. The summed E-state index contributed by atoms with van der Waals surface area (Å²) in [4.78, 5) is 0. The molecule has 130 valence electrons. The van der Waals surface area contributed by atoms with Crippen LogP contribution in [-0.4, -0.2) is 19.2 Å². The van der Waals surface area contributed by atoms with Gasteiger partial charge in [-0.05, 0) is 54.3 Å². The van der Waals surface area contributed by atoms with Crippen LogP contribution in [0.1, 0.15) is 5.56 Å². The summed E-state index contributed by atoms with van der Waals surface area (Å²) >= 11 is 0. The molecule has 0 aliphatic carbocycles. The fourth-order valence-electron chi connectivity index (χ4n) is 2.58. The fraction of sp³-hybridized carbons (Fsp3) is 0.158. The summed E-state index contributed by atoms with van der Waals surface area (Å²) in [6, 6.07) is 14.6. The van der Waals surface area contributed by atoms with Crippen molar-refractivity contribution in [3.8, 4) is 5.75 Å². The van der Waals surface area contributed by atoms with E-state index in [-0.39, 0.29) is 5.75 Å². The normalized spacial score (nSPS) is 12.1. The van der Waals surface area contributed by atoms with Crippen molar-refractivity contribution in [2.24, 2.45) is 30.7 Å². The van der Waals surface area contributed by atoms with Crippen molar-refractivity contribution in [3.05, 3.63) is 54.1 Å². The molecule has 0 spiro atoms. The topological polar surface area (TPSA) is 94.4 Å². The predicted octanol–water partition coefficient (Wildman–Crippen LogP) is 6.70. The number of nitrogens with zero attached hydrogens (tertiary/aromatic N) is 6. The van der Waals surface area contributed by atoms with Gasteiger partial charge in [-0.1, -0.05) is 12.1 Å². The molecule has 0 amide bonds. The number of aryl methyl sites for hydroxylation is 1. The standard InChI is InChI=1S/C19H18N6O/c1-12-10-14(22-20-2)7-9-17(12)24-25-18-8-5-13-4-6-15(23-21-3)11-16(13)19(18)26/h4-11,26H,1-3H3. The van der Waals surface area contributed by atoms with E-state index >= 15 is 0 Å². The average molecular weight is 346 g/mol. The van der Waals surface area contributed by atoms with Gasteiger partial charge in [0.1, 0.15) is 5.69 Å². The number of azo groups is 3. The van der Waals surface area contributed by atoms with Crippen LogP contribution in [0.2, 0.25) is 0 Å². The number of aromatic hydroxyl groups is 1. The van der Waals surface area contributed by atoms with Crippen LogP contribution in [0.5, 0.6) is 5.75 Å². The lowest BCUT2D eigenvalue weighted by Gasteiger charge is -2.05. The number of benzene rings is 3. The predicted molar refractivity (Wildman–Crippen MR) is 102 cm³/mol. The number of fused-ring (bicyclic) bond motifs is 1. The van der Waals surface area contributed by atoms with E-state index in [1.54, 1.807) is 26.2 Å². The van der Waals surface area contributed by atoms with Crippen LogP contribution in [0.4, 0.5) is 22.7 Å². The number of hydrogen-bond donors (Lipinski definition) is 1. The molecular formula is C19H18N6O. The molecule has 1 N–H and O–H groups in total. The molecule has 0 saturated heterocycles.